The first-order chi connectivity index (χ1) is 9.69. The maximum absolute atomic E-state index is 6.18. The van der Waals surface area contributed by atoms with Gasteiger partial charge in [-0.25, -0.2) is 0 Å². The van der Waals surface area contributed by atoms with Crippen LogP contribution in [0.5, 0.6) is 0 Å². The lowest BCUT2D eigenvalue weighted by atomic mass is 10.0. The molecule has 0 aliphatic heterocycles. The number of hydrogen-bond donors (Lipinski definition) is 1. The average Bonchev–Trinajstić information content (AvgIpc) is 2.45. The van der Waals surface area contributed by atoms with E-state index in [0.29, 0.717) is 6.10 Å². The Morgan fingerprint density at radius 3 is 2.35 bits per heavy atom. The number of nitrogens with one attached hydrogen (secondary N) is 1. The molecule has 0 radical (unpaired) electrons. The van der Waals surface area contributed by atoms with E-state index in [1.807, 2.05) is 7.05 Å². The fourth-order valence-electron chi connectivity index (χ4n) is 2.70. The second kappa shape index (κ2) is 9.95. The molecule has 0 spiro atoms. The number of likely N-dealkylation sites (N-methyl/N-ethyl adjacent to an activating group) is 1. The Balaban J connectivity index is 2.41. The Kier molecular flexibility index (Phi) is 8.56. The molecule has 0 bridgehead atoms. The summed E-state index contributed by atoms with van der Waals surface area (Å²) in [6.45, 7) is 6.61. The molecule has 0 heterocycles. The molecule has 1 aromatic carbocycles. The molecule has 3 unspecified atom stereocenters. The molecule has 1 aromatic rings. The molecule has 0 saturated carbocycles. The largest absolute Gasteiger partial charge is 0.374 e. The van der Waals surface area contributed by atoms with Crippen molar-refractivity contribution >= 4 is 0 Å². The number of rotatable bonds is 10. The van der Waals surface area contributed by atoms with Gasteiger partial charge in [-0.2, -0.15) is 0 Å². The summed E-state index contributed by atoms with van der Waals surface area (Å²) >= 11 is 0. The van der Waals surface area contributed by atoms with Crippen LogP contribution in [0.4, 0.5) is 0 Å². The Hall–Kier alpha value is -0.860. The molecule has 0 amide bonds. The second-order valence-electron chi connectivity index (χ2n) is 5.68. The van der Waals surface area contributed by atoms with E-state index in [1.54, 1.807) is 0 Å². The van der Waals surface area contributed by atoms with Gasteiger partial charge in [-0.1, -0.05) is 62.9 Å². The molecule has 1 N–H and O–H groups in total. The van der Waals surface area contributed by atoms with E-state index in [9.17, 15) is 0 Å². The fourth-order valence-corrected chi connectivity index (χ4v) is 2.70. The summed E-state index contributed by atoms with van der Waals surface area (Å²) < 4.78 is 6.18. The van der Waals surface area contributed by atoms with E-state index >= 15 is 0 Å². The first-order valence-corrected chi connectivity index (χ1v) is 8.06. The predicted molar refractivity (Wildman–Crippen MR) is 87.0 cm³/mol. The normalized spacial score (nSPS) is 15.8. The van der Waals surface area contributed by atoms with Crippen LogP contribution in [0.2, 0.25) is 0 Å². The van der Waals surface area contributed by atoms with Crippen LogP contribution in [0, 0.1) is 0 Å². The summed E-state index contributed by atoms with van der Waals surface area (Å²) in [5.41, 5.74) is 1.29. The zero-order valence-corrected chi connectivity index (χ0v) is 13.6. The highest BCUT2D eigenvalue weighted by atomic mass is 16.5. The molecular weight excluding hydrogens is 246 g/mol. The van der Waals surface area contributed by atoms with Crippen LogP contribution in [0.15, 0.2) is 30.3 Å². The third-order valence-corrected chi connectivity index (χ3v) is 3.85. The van der Waals surface area contributed by atoms with E-state index in [-0.39, 0.29) is 12.1 Å². The Morgan fingerprint density at radius 2 is 1.75 bits per heavy atom. The van der Waals surface area contributed by atoms with Crippen molar-refractivity contribution < 1.29 is 4.74 Å². The average molecular weight is 277 g/mol. The standard InChI is InChI=1S/C18H31NO/c1-5-6-7-9-12-15(2)20-16(3)18(19-4)17-13-10-8-11-14-17/h8,10-11,13-16,18-19H,5-7,9,12H2,1-4H3. The predicted octanol–water partition coefficient (Wildman–Crippen LogP) is 4.71. The van der Waals surface area contributed by atoms with Crippen LogP contribution in [0.3, 0.4) is 0 Å². The van der Waals surface area contributed by atoms with E-state index in [0.717, 1.165) is 6.42 Å². The van der Waals surface area contributed by atoms with Gasteiger partial charge in [-0.3, -0.25) is 0 Å². The highest BCUT2D eigenvalue weighted by Gasteiger charge is 2.19. The van der Waals surface area contributed by atoms with Crippen molar-refractivity contribution in [3.8, 4) is 0 Å². The highest BCUT2D eigenvalue weighted by molar-refractivity contribution is 5.19. The molecule has 114 valence electrons. The van der Waals surface area contributed by atoms with Gasteiger partial charge >= 0.3 is 0 Å². The van der Waals surface area contributed by atoms with E-state index < -0.39 is 0 Å². The topological polar surface area (TPSA) is 21.3 Å². The third kappa shape index (κ3) is 6.06. The van der Waals surface area contributed by atoms with Crippen LogP contribution in [0.1, 0.15) is 64.5 Å². The highest BCUT2D eigenvalue weighted by Crippen LogP contribution is 2.21. The van der Waals surface area contributed by atoms with Crippen molar-refractivity contribution in [3.63, 3.8) is 0 Å². The molecule has 0 aliphatic carbocycles. The minimum atomic E-state index is 0.184. The van der Waals surface area contributed by atoms with Crippen LogP contribution in [0.25, 0.3) is 0 Å². The van der Waals surface area contributed by atoms with Crippen LogP contribution < -0.4 is 5.32 Å². The summed E-state index contributed by atoms with van der Waals surface area (Å²) in [6.07, 6.45) is 6.91. The molecule has 20 heavy (non-hydrogen) atoms. The number of hydrogen-bond acceptors (Lipinski definition) is 2. The molecule has 2 heteroatoms. The van der Waals surface area contributed by atoms with Crippen LogP contribution in [-0.4, -0.2) is 19.3 Å². The van der Waals surface area contributed by atoms with Gasteiger partial charge in [0.2, 0.25) is 0 Å². The van der Waals surface area contributed by atoms with Crippen molar-refractivity contribution in [2.45, 2.75) is 71.1 Å². The molecular formula is C18H31NO. The molecule has 0 aromatic heterocycles. The summed E-state index contributed by atoms with van der Waals surface area (Å²) in [5, 5.41) is 3.37. The molecule has 0 aliphatic rings. The Bertz CT molecular complexity index is 339. The first-order valence-electron chi connectivity index (χ1n) is 8.06. The maximum Gasteiger partial charge on any atom is 0.0745 e. The molecule has 3 atom stereocenters. The Morgan fingerprint density at radius 1 is 1.05 bits per heavy atom. The fraction of sp³-hybridized carbons (Fsp3) is 0.667. The van der Waals surface area contributed by atoms with Crippen molar-refractivity contribution in [1.82, 2.24) is 5.32 Å². The van der Waals surface area contributed by atoms with Crippen molar-refractivity contribution in [2.24, 2.45) is 0 Å². The summed E-state index contributed by atoms with van der Waals surface area (Å²) in [7, 11) is 2.00. The van der Waals surface area contributed by atoms with Gasteiger partial charge in [0, 0.05) is 0 Å². The zero-order chi connectivity index (χ0) is 14.8. The van der Waals surface area contributed by atoms with E-state index in [1.165, 1.54) is 31.2 Å². The quantitative estimate of drug-likeness (QED) is 0.625. The van der Waals surface area contributed by atoms with Crippen molar-refractivity contribution in [2.75, 3.05) is 7.05 Å². The van der Waals surface area contributed by atoms with Gasteiger partial charge in [0.15, 0.2) is 0 Å². The Labute approximate surface area is 124 Å². The molecule has 1 rings (SSSR count). The lowest BCUT2D eigenvalue weighted by Crippen LogP contribution is -2.31. The van der Waals surface area contributed by atoms with E-state index in [2.05, 4.69) is 56.4 Å². The van der Waals surface area contributed by atoms with Crippen LogP contribution in [-0.2, 0) is 4.74 Å². The van der Waals surface area contributed by atoms with Crippen LogP contribution >= 0.6 is 0 Å². The lowest BCUT2D eigenvalue weighted by molar-refractivity contribution is -0.0160. The first kappa shape index (κ1) is 17.2. The van der Waals surface area contributed by atoms with Gasteiger partial charge in [0.1, 0.15) is 0 Å². The second-order valence-corrected chi connectivity index (χ2v) is 5.68. The summed E-state index contributed by atoms with van der Waals surface area (Å²) in [4.78, 5) is 0. The third-order valence-electron chi connectivity index (χ3n) is 3.85. The number of ether oxygens (including phenoxy) is 1. The SMILES string of the molecule is CCCCCCC(C)OC(C)C(NC)c1ccccc1. The van der Waals surface area contributed by atoms with Gasteiger partial charge in [-0.15, -0.1) is 0 Å². The van der Waals surface area contributed by atoms with Gasteiger partial charge in [0.25, 0.3) is 0 Å². The molecule has 0 saturated heterocycles. The number of unbranched alkanes of at least 4 members (excludes halogenated alkanes) is 3. The molecule has 2 nitrogen and oxygen atoms in total. The maximum atomic E-state index is 6.18. The lowest BCUT2D eigenvalue weighted by Gasteiger charge is -2.27. The summed E-state index contributed by atoms with van der Waals surface area (Å²) in [6, 6.07) is 10.8. The molecule has 0 fully saturated rings. The smallest absolute Gasteiger partial charge is 0.0745 e. The van der Waals surface area contributed by atoms with Gasteiger partial charge < -0.3 is 10.1 Å². The monoisotopic (exact) mass is 277 g/mol. The number of benzene rings is 1. The minimum absolute atomic E-state index is 0.184. The summed E-state index contributed by atoms with van der Waals surface area (Å²) in [5.74, 6) is 0. The zero-order valence-electron chi connectivity index (χ0n) is 13.6. The van der Waals surface area contributed by atoms with Crippen molar-refractivity contribution in [3.05, 3.63) is 35.9 Å². The van der Waals surface area contributed by atoms with Crippen molar-refractivity contribution in [1.29, 1.82) is 0 Å². The minimum Gasteiger partial charge on any atom is -0.374 e. The van der Waals surface area contributed by atoms with Gasteiger partial charge in [-0.05, 0) is 32.9 Å². The van der Waals surface area contributed by atoms with E-state index in [4.69, 9.17) is 4.74 Å². The van der Waals surface area contributed by atoms with Gasteiger partial charge in [0.05, 0.1) is 18.2 Å².